The second-order valence-electron chi connectivity index (χ2n) is 2.40. The van der Waals surface area contributed by atoms with Crippen LogP contribution >= 0.6 is 38.5 Å². The standard InChI is InChI=1S/C8H5BrF3I/c9-4-5-6(8(10,11)12)2-1-3-7(5)13/h1-3H,4H2. The Balaban J connectivity index is 3.29. The minimum absolute atomic E-state index is 0.223. The van der Waals surface area contributed by atoms with E-state index in [-0.39, 0.29) is 5.33 Å². The molecule has 0 bridgehead atoms. The van der Waals surface area contributed by atoms with Crippen LogP contribution in [0, 0.1) is 3.57 Å². The summed E-state index contributed by atoms with van der Waals surface area (Å²) in [5, 5.41) is 0.223. The van der Waals surface area contributed by atoms with Crippen molar-refractivity contribution in [2.24, 2.45) is 0 Å². The van der Waals surface area contributed by atoms with Crippen LogP contribution in [0.5, 0.6) is 0 Å². The molecule has 0 spiro atoms. The molecule has 1 rings (SSSR count). The molecule has 0 fully saturated rings. The van der Waals surface area contributed by atoms with Crippen molar-refractivity contribution < 1.29 is 13.2 Å². The van der Waals surface area contributed by atoms with Crippen molar-refractivity contribution in [1.82, 2.24) is 0 Å². The maximum Gasteiger partial charge on any atom is 0.416 e. The lowest BCUT2D eigenvalue weighted by Crippen LogP contribution is -2.09. The van der Waals surface area contributed by atoms with Crippen LogP contribution in [0.3, 0.4) is 0 Å². The van der Waals surface area contributed by atoms with Crippen LogP contribution in [-0.4, -0.2) is 0 Å². The third-order valence-electron chi connectivity index (χ3n) is 1.56. The van der Waals surface area contributed by atoms with Crippen LogP contribution in [0.4, 0.5) is 13.2 Å². The first-order chi connectivity index (χ1) is 5.96. The highest BCUT2D eigenvalue weighted by Crippen LogP contribution is 2.34. The summed E-state index contributed by atoms with van der Waals surface area (Å²) in [7, 11) is 0. The molecule has 0 saturated carbocycles. The minimum Gasteiger partial charge on any atom is -0.166 e. The molecule has 5 heteroatoms. The van der Waals surface area contributed by atoms with Gasteiger partial charge in [0.1, 0.15) is 0 Å². The summed E-state index contributed by atoms with van der Waals surface area (Å²) in [6, 6.07) is 4.17. The molecule has 72 valence electrons. The number of rotatable bonds is 1. The van der Waals surface area contributed by atoms with Crippen LogP contribution in [0.1, 0.15) is 11.1 Å². The first-order valence-corrected chi connectivity index (χ1v) is 5.57. The minimum atomic E-state index is -4.26. The van der Waals surface area contributed by atoms with Gasteiger partial charge in [0.25, 0.3) is 0 Å². The Morgan fingerprint density at radius 1 is 1.31 bits per heavy atom. The van der Waals surface area contributed by atoms with Crippen LogP contribution in [-0.2, 0) is 11.5 Å². The van der Waals surface area contributed by atoms with Gasteiger partial charge in [-0.25, -0.2) is 0 Å². The molecule has 0 radical (unpaired) electrons. The van der Waals surface area contributed by atoms with Crippen LogP contribution in [0.25, 0.3) is 0 Å². The molecule has 0 N–H and O–H groups in total. The monoisotopic (exact) mass is 364 g/mol. The van der Waals surface area contributed by atoms with E-state index < -0.39 is 11.7 Å². The Kier molecular flexibility index (Phi) is 3.62. The molecule has 1 aromatic carbocycles. The second-order valence-corrected chi connectivity index (χ2v) is 4.12. The van der Waals surface area contributed by atoms with Crippen LogP contribution < -0.4 is 0 Å². The zero-order valence-corrected chi connectivity index (χ0v) is 10.1. The highest BCUT2D eigenvalue weighted by atomic mass is 127. The summed E-state index contributed by atoms with van der Waals surface area (Å²) < 4.78 is 37.8. The molecule has 0 aliphatic rings. The fourth-order valence-corrected chi connectivity index (χ4v) is 2.78. The molecule has 1 aromatic rings. The van der Waals surface area contributed by atoms with Gasteiger partial charge in [-0.2, -0.15) is 13.2 Å². The molecule has 0 amide bonds. The van der Waals surface area contributed by atoms with Crippen molar-refractivity contribution in [3.8, 4) is 0 Å². The van der Waals surface area contributed by atoms with Crippen molar-refractivity contribution >= 4 is 38.5 Å². The van der Waals surface area contributed by atoms with E-state index in [1.165, 1.54) is 6.07 Å². The maximum atomic E-state index is 12.4. The zero-order chi connectivity index (χ0) is 10.1. The smallest absolute Gasteiger partial charge is 0.166 e. The summed E-state index contributed by atoms with van der Waals surface area (Å²) in [4.78, 5) is 0. The van der Waals surface area contributed by atoms with E-state index in [4.69, 9.17) is 0 Å². The zero-order valence-electron chi connectivity index (χ0n) is 6.33. The number of hydrogen-bond acceptors (Lipinski definition) is 0. The molecule has 0 nitrogen and oxygen atoms in total. The van der Waals surface area contributed by atoms with Crippen molar-refractivity contribution in [2.45, 2.75) is 11.5 Å². The fourth-order valence-electron chi connectivity index (χ4n) is 0.960. The fraction of sp³-hybridized carbons (Fsp3) is 0.250. The number of hydrogen-bond donors (Lipinski definition) is 0. The van der Waals surface area contributed by atoms with Gasteiger partial charge < -0.3 is 0 Å². The van der Waals surface area contributed by atoms with E-state index >= 15 is 0 Å². The van der Waals surface area contributed by atoms with Gasteiger partial charge in [0, 0.05) is 8.90 Å². The number of alkyl halides is 4. The van der Waals surface area contributed by atoms with Gasteiger partial charge in [-0.3, -0.25) is 0 Å². The second kappa shape index (κ2) is 4.16. The quantitative estimate of drug-likeness (QED) is 0.517. The first-order valence-electron chi connectivity index (χ1n) is 3.37. The summed E-state index contributed by atoms with van der Waals surface area (Å²) in [6.07, 6.45) is -4.26. The molecule has 0 unspecified atom stereocenters. The van der Waals surface area contributed by atoms with E-state index in [1.807, 2.05) is 22.6 Å². The summed E-state index contributed by atoms with van der Waals surface area (Å²) in [6.45, 7) is 0. The lowest BCUT2D eigenvalue weighted by Gasteiger charge is -2.12. The summed E-state index contributed by atoms with van der Waals surface area (Å²) in [5.74, 6) is 0. The first kappa shape index (κ1) is 11.3. The van der Waals surface area contributed by atoms with Gasteiger partial charge in [-0.1, -0.05) is 22.0 Å². The van der Waals surface area contributed by atoms with Gasteiger partial charge in [0.2, 0.25) is 0 Å². The van der Waals surface area contributed by atoms with E-state index in [2.05, 4.69) is 15.9 Å². The molecule has 0 saturated heterocycles. The predicted octanol–water partition coefficient (Wildman–Crippen LogP) is 4.20. The number of benzene rings is 1. The molecule has 0 aliphatic heterocycles. The van der Waals surface area contributed by atoms with Gasteiger partial charge >= 0.3 is 6.18 Å². The highest BCUT2D eigenvalue weighted by molar-refractivity contribution is 14.1. The van der Waals surface area contributed by atoms with E-state index in [1.54, 1.807) is 6.07 Å². The predicted molar refractivity (Wildman–Crippen MR) is 56.8 cm³/mol. The van der Waals surface area contributed by atoms with Crippen molar-refractivity contribution in [3.05, 3.63) is 32.9 Å². The van der Waals surface area contributed by atoms with E-state index in [0.29, 0.717) is 9.13 Å². The van der Waals surface area contributed by atoms with Gasteiger partial charge in [0.15, 0.2) is 0 Å². The average molecular weight is 365 g/mol. The highest BCUT2D eigenvalue weighted by Gasteiger charge is 2.33. The Hall–Kier alpha value is 0.220. The average Bonchev–Trinajstić information content (AvgIpc) is 2.02. The van der Waals surface area contributed by atoms with Crippen molar-refractivity contribution in [3.63, 3.8) is 0 Å². The number of halogens is 5. The Labute approximate surface area is 95.8 Å². The maximum absolute atomic E-state index is 12.4. The molecule has 0 aromatic heterocycles. The summed E-state index contributed by atoms with van der Waals surface area (Å²) in [5.41, 5.74) is -0.258. The van der Waals surface area contributed by atoms with Gasteiger partial charge in [-0.05, 0) is 40.3 Å². The summed E-state index contributed by atoms with van der Waals surface area (Å²) >= 11 is 4.94. The lowest BCUT2D eigenvalue weighted by molar-refractivity contribution is -0.138. The van der Waals surface area contributed by atoms with Gasteiger partial charge in [-0.15, -0.1) is 0 Å². The molecular weight excluding hydrogens is 360 g/mol. The molecule has 0 aliphatic carbocycles. The Morgan fingerprint density at radius 2 is 1.92 bits per heavy atom. The third-order valence-corrected chi connectivity index (χ3v) is 3.13. The van der Waals surface area contributed by atoms with E-state index in [0.717, 1.165) is 6.07 Å². The largest absolute Gasteiger partial charge is 0.416 e. The molecule has 0 heterocycles. The topological polar surface area (TPSA) is 0 Å². The van der Waals surface area contributed by atoms with Crippen molar-refractivity contribution in [1.29, 1.82) is 0 Å². The Bertz CT molecular complexity index is 309. The van der Waals surface area contributed by atoms with Gasteiger partial charge in [0.05, 0.1) is 5.56 Å². The van der Waals surface area contributed by atoms with Crippen LogP contribution in [0.2, 0.25) is 0 Å². The van der Waals surface area contributed by atoms with E-state index in [9.17, 15) is 13.2 Å². The SMILES string of the molecule is FC(F)(F)c1cccc(I)c1CBr. The van der Waals surface area contributed by atoms with Crippen LogP contribution in [0.15, 0.2) is 18.2 Å². The molecule has 13 heavy (non-hydrogen) atoms. The molecule has 0 atom stereocenters. The van der Waals surface area contributed by atoms with Crippen molar-refractivity contribution in [2.75, 3.05) is 0 Å². The normalized spacial score (nSPS) is 11.8. The lowest BCUT2D eigenvalue weighted by atomic mass is 10.1. The Morgan fingerprint density at radius 3 is 2.31 bits per heavy atom. The molecular formula is C8H5BrF3I. The third kappa shape index (κ3) is 2.59.